The van der Waals surface area contributed by atoms with E-state index in [-0.39, 0.29) is 69.9 Å². The molecule has 10 heteroatoms. The molecular weight excluding hydrogens is 595 g/mol. The minimum Gasteiger partial charge on any atom is -0.497 e. The van der Waals surface area contributed by atoms with E-state index in [1.165, 1.54) is 16.2 Å². The summed E-state index contributed by atoms with van der Waals surface area (Å²) in [5.41, 5.74) is 2.34. The van der Waals surface area contributed by atoms with Gasteiger partial charge in [0, 0.05) is 21.7 Å². The second-order valence-corrected chi connectivity index (χ2v) is 14.1. The molecule has 3 fully saturated rings. The van der Waals surface area contributed by atoms with Gasteiger partial charge in [0.15, 0.2) is 0 Å². The number of hydrogen-bond acceptors (Lipinski definition) is 7. The first-order valence-corrected chi connectivity index (χ1v) is 16.5. The topological polar surface area (TPSA) is 97.7 Å². The van der Waals surface area contributed by atoms with Crippen LogP contribution in [0.1, 0.15) is 22.8 Å². The third-order valence-electron chi connectivity index (χ3n) is 9.80. The maximum Gasteiger partial charge on any atom is 0.308 e. The maximum absolute atomic E-state index is 13.9. The van der Waals surface area contributed by atoms with Crippen molar-refractivity contribution < 1.29 is 19.1 Å². The molecule has 2 bridgehead atoms. The predicted molar refractivity (Wildman–Crippen MR) is 169 cm³/mol. The number of rotatable bonds is 6. The molecule has 2 saturated carbocycles. The lowest BCUT2D eigenvalue weighted by Crippen LogP contribution is -2.43. The van der Waals surface area contributed by atoms with Gasteiger partial charge in [0.25, 0.3) is 0 Å². The Morgan fingerprint density at radius 2 is 1.55 bits per heavy atom. The van der Waals surface area contributed by atoms with E-state index in [0.717, 1.165) is 27.6 Å². The van der Waals surface area contributed by atoms with Crippen LogP contribution in [0.3, 0.4) is 0 Å². The number of amides is 3. The van der Waals surface area contributed by atoms with Gasteiger partial charge in [-0.25, -0.2) is 0 Å². The smallest absolute Gasteiger partial charge is 0.308 e. The number of carbonyl (C=O) groups excluding carboxylic acids is 3. The van der Waals surface area contributed by atoms with Crippen LogP contribution in [0.4, 0.5) is 11.4 Å². The molecule has 3 aromatic carbocycles. The number of imide groups is 1. The fraction of sp³-hybridized carbons (Fsp3) is 0.294. The van der Waals surface area contributed by atoms with Crippen LogP contribution in [0, 0.1) is 29.6 Å². The lowest BCUT2D eigenvalue weighted by atomic mass is 9.68. The van der Waals surface area contributed by atoms with Gasteiger partial charge in [-0.1, -0.05) is 59.9 Å². The van der Waals surface area contributed by atoms with Crippen molar-refractivity contribution in [1.29, 1.82) is 0 Å². The normalized spacial score (nSPS) is 28.0. The van der Waals surface area contributed by atoms with E-state index in [9.17, 15) is 19.2 Å². The second-order valence-electron chi connectivity index (χ2n) is 11.9. The van der Waals surface area contributed by atoms with Crippen LogP contribution >= 0.6 is 23.1 Å². The highest BCUT2D eigenvalue weighted by Crippen LogP contribution is 2.69. The standard InChI is InChI=1S/C34H29N3O5S2/c1-42-21-14-12-18(13-15-21)25-26-22-16-23(28-27(22)31(39)37(32(28)40)20-10-6-3-7-11-20)29(26)43-33-30(25)44-34(41)36(33)17-24(38)35-19-8-4-2-5-9-19/h2-15,22-23,25-29H,16-17H2,1H3,(H,35,38). The van der Waals surface area contributed by atoms with E-state index < -0.39 is 0 Å². The van der Waals surface area contributed by atoms with Crippen molar-refractivity contribution in [3.05, 3.63) is 105 Å². The Morgan fingerprint density at radius 1 is 0.886 bits per heavy atom. The molecule has 3 heterocycles. The Balaban J connectivity index is 1.19. The Kier molecular flexibility index (Phi) is 6.53. The quantitative estimate of drug-likeness (QED) is 0.296. The van der Waals surface area contributed by atoms with Gasteiger partial charge >= 0.3 is 4.87 Å². The summed E-state index contributed by atoms with van der Waals surface area (Å²) in [4.78, 5) is 56.6. The number of nitrogens with zero attached hydrogens (tertiary/aromatic N) is 2. The number of para-hydroxylation sites is 2. The van der Waals surface area contributed by atoms with E-state index in [2.05, 4.69) is 5.32 Å². The molecule has 222 valence electrons. The number of thiazole rings is 1. The van der Waals surface area contributed by atoms with Gasteiger partial charge in [0.05, 0.1) is 29.7 Å². The zero-order valence-corrected chi connectivity index (χ0v) is 25.4. The SMILES string of the molecule is COc1ccc(C2c3sc(=O)n(CC(=O)Nc4ccccc4)c3SC3C4CC(C5C(=O)N(c6ccccc6)C(=O)C45)C23)cc1. The van der Waals surface area contributed by atoms with Crippen molar-refractivity contribution in [2.24, 2.45) is 29.6 Å². The fourth-order valence-corrected chi connectivity index (χ4v) is 11.3. The molecule has 1 saturated heterocycles. The van der Waals surface area contributed by atoms with Crippen molar-refractivity contribution in [1.82, 2.24) is 4.57 Å². The second kappa shape index (κ2) is 10.5. The number of aromatic nitrogens is 1. The zero-order chi connectivity index (χ0) is 30.1. The van der Waals surface area contributed by atoms with E-state index in [1.807, 2.05) is 84.9 Å². The summed E-state index contributed by atoms with van der Waals surface area (Å²) in [6.45, 7) is -0.0986. The monoisotopic (exact) mass is 623 g/mol. The summed E-state index contributed by atoms with van der Waals surface area (Å²) in [7, 11) is 1.63. The van der Waals surface area contributed by atoms with Gasteiger partial charge in [0.2, 0.25) is 17.7 Å². The summed E-state index contributed by atoms with van der Waals surface area (Å²) in [6, 6.07) is 26.3. The van der Waals surface area contributed by atoms with E-state index >= 15 is 0 Å². The van der Waals surface area contributed by atoms with Crippen LogP contribution in [0.5, 0.6) is 5.75 Å². The average Bonchev–Trinajstić information content (AvgIpc) is 3.76. The Hall–Kier alpha value is -4.15. The molecular formula is C34H29N3O5S2. The number of anilines is 2. The fourth-order valence-electron chi connectivity index (χ4n) is 8.14. The summed E-state index contributed by atoms with van der Waals surface area (Å²) in [5.74, 6) is -0.549. The van der Waals surface area contributed by atoms with Crippen LogP contribution in [0.15, 0.2) is 94.7 Å². The molecule has 7 atom stereocenters. The van der Waals surface area contributed by atoms with Crippen molar-refractivity contribution in [2.75, 3.05) is 17.3 Å². The van der Waals surface area contributed by atoms with Crippen molar-refractivity contribution in [3.8, 4) is 5.75 Å². The summed E-state index contributed by atoms with van der Waals surface area (Å²) in [6.07, 6.45) is 0.804. The first-order valence-electron chi connectivity index (χ1n) is 14.8. The highest BCUT2D eigenvalue weighted by molar-refractivity contribution is 8.00. The van der Waals surface area contributed by atoms with Gasteiger partial charge in [-0.3, -0.25) is 28.6 Å². The van der Waals surface area contributed by atoms with Crippen LogP contribution in [-0.4, -0.2) is 34.6 Å². The Labute approximate surface area is 262 Å². The lowest BCUT2D eigenvalue weighted by Gasteiger charge is -2.43. The van der Waals surface area contributed by atoms with Gasteiger partial charge in [-0.15, -0.1) is 11.8 Å². The van der Waals surface area contributed by atoms with Crippen molar-refractivity contribution in [2.45, 2.75) is 29.2 Å². The minimum atomic E-state index is -0.375. The highest BCUT2D eigenvalue weighted by atomic mass is 32.2. The van der Waals surface area contributed by atoms with Crippen LogP contribution in [0.2, 0.25) is 0 Å². The zero-order valence-electron chi connectivity index (χ0n) is 23.8. The number of fused-ring (bicyclic) bond motifs is 9. The predicted octanol–water partition coefficient (Wildman–Crippen LogP) is 5.24. The minimum absolute atomic E-state index is 0.000609. The Morgan fingerprint density at radius 3 is 2.23 bits per heavy atom. The van der Waals surface area contributed by atoms with Crippen LogP contribution in [-0.2, 0) is 20.9 Å². The Bertz CT molecular complexity index is 1840. The summed E-state index contributed by atoms with van der Waals surface area (Å²) >= 11 is 2.82. The van der Waals surface area contributed by atoms with Gasteiger partial charge in [0.1, 0.15) is 12.3 Å². The van der Waals surface area contributed by atoms with Crippen molar-refractivity contribution >= 4 is 52.2 Å². The molecule has 4 aliphatic rings. The third-order valence-corrected chi connectivity index (χ3v) is 12.6. The number of methoxy groups -OCH3 is 1. The van der Waals surface area contributed by atoms with Crippen molar-refractivity contribution in [3.63, 3.8) is 0 Å². The molecule has 0 radical (unpaired) electrons. The molecule has 1 N–H and O–H groups in total. The van der Waals surface area contributed by atoms with Gasteiger partial charge in [-0.05, 0) is 66.1 Å². The highest BCUT2D eigenvalue weighted by Gasteiger charge is 2.69. The number of hydrogen-bond donors (Lipinski definition) is 1. The number of nitrogens with one attached hydrogen (secondary N) is 1. The molecule has 8 nitrogen and oxygen atoms in total. The van der Waals surface area contributed by atoms with E-state index in [4.69, 9.17) is 4.74 Å². The van der Waals surface area contributed by atoms with E-state index in [1.54, 1.807) is 23.4 Å². The first kappa shape index (κ1) is 27.4. The number of thioether (sulfide) groups is 1. The summed E-state index contributed by atoms with van der Waals surface area (Å²) in [5, 5.41) is 3.73. The molecule has 3 amide bonds. The lowest BCUT2D eigenvalue weighted by molar-refractivity contribution is -0.123. The number of ether oxygens (including phenoxy) is 1. The molecule has 7 unspecified atom stereocenters. The first-order chi connectivity index (χ1) is 21.4. The molecule has 0 spiro atoms. The third kappa shape index (κ3) is 4.11. The number of benzene rings is 3. The van der Waals surface area contributed by atoms with Crippen LogP contribution in [0.25, 0.3) is 0 Å². The largest absolute Gasteiger partial charge is 0.497 e. The molecule has 4 aromatic rings. The molecule has 2 aliphatic carbocycles. The molecule has 2 aliphatic heterocycles. The number of carbonyl (C=O) groups is 3. The maximum atomic E-state index is 13.9. The van der Waals surface area contributed by atoms with E-state index in [0.29, 0.717) is 11.4 Å². The summed E-state index contributed by atoms with van der Waals surface area (Å²) < 4.78 is 7.02. The van der Waals surface area contributed by atoms with Crippen LogP contribution < -0.4 is 19.8 Å². The molecule has 1 aromatic heterocycles. The van der Waals surface area contributed by atoms with Gasteiger partial charge in [-0.2, -0.15) is 0 Å². The average molecular weight is 624 g/mol. The van der Waals surface area contributed by atoms with Gasteiger partial charge < -0.3 is 10.1 Å². The molecule has 44 heavy (non-hydrogen) atoms. The molecule has 8 rings (SSSR count).